The number of hydrogen-bond acceptors (Lipinski definition) is 5. The van der Waals surface area contributed by atoms with Crippen LogP contribution >= 0.6 is 0 Å². The van der Waals surface area contributed by atoms with Crippen molar-refractivity contribution in [2.75, 3.05) is 13.2 Å². The standard InChI is InChI=1S/C24H33NO5/c1-8-29-21(27)14-25-16(4)22(23(28)30-15(2)3)19(13-20(25)26)17-9-11-18(12-10-17)24(5,6)7/h9-12,15,19H,8,13-14H2,1-7H3. The number of carbonyl (C=O) groups is 3. The van der Waals surface area contributed by atoms with Gasteiger partial charge >= 0.3 is 11.9 Å². The molecule has 6 nitrogen and oxygen atoms in total. The molecule has 2 rings (SSSR count). The maximum Gasteiger partial charge on any atom is 0.336 e. The molecule has 0 aromatic heterocycles. The average molecular weight is 416 g/mol. The van der Waals surface area contributed by atoms with Crippen LogP contribution in [0, 0.1) is 0 Å². The summed E-state index contributed by atoms with van der Waals surface area (Å²) in [4.78, 5) is 39.1. The molecule has 1 amide bonds. The molecule has 0 bridgehead atoms. The molecule has 0 radical (unpaired) electrons. The van der Waals surface area contributed by atoms with Crippen LogP contribution in [0.5, 0.6) is 0 Å². The molecule has 164 valence electrons. The van der Waals surface area contributed by atoms with Gasteiger partial charge in [-0.15, -0.1) is 0 Å². The van der Waals surface area contributed by atoms with Crippen molar-refractivity contribution in [3.8, 4) is 0 Å². The van der Waals surface area contributed by atoms with Crippen LogP contribution in [-0.2, 0) is 29.3 Å². The van der Waals surface area contributed by atoms with E-state index in [4.69, 9.17) is 9.47 Å². The molecule has 1 atom stereocenters. The second kappa shape index (κ2) is 9.45. The van der Waals surface area contributed by atoms with Crippen LogP contribution in [0.25, 0.3) is 0 Å². The summed E-state index contributed by atoms with van der Waals surface area (Å²) < 4.78 is 10.5. The van der Waals surface area contributed by atoms with Gasteiger partial charge in [-0.3, -0.25) is 9.59 Å². The van der Waals surface area contributed by atoms with Crippen LogP contribution in [0.4, 0.5) is 0 Å². The van der Waals surface area contributed by atoms with Gasteiger partial charge in [0.2, 0.25) is 5.91 Å². The van der Waals surface area contributed by atoms with Crippen LogP contribution in [0.3, 0.4) is 0 Å². The molecule has 0 saturated heterocycles. The number of nitrogens with zero attached hydrogens (tertiary/aromatic N) is 1. The molecule has 1 heterocycles. The monoisotopic (exact) mass is 415 g/mol. The van der Waals surface area contributed by atoms with Crippen molar-refractivity contribution in [1.82, 2.24) is 4.90 Å². The number of amides is 1. The molecular formula is C24H33NO5. The van der Waals surface area contributed by atoms with E-state index in [1.807, 2.05) is 24.3 Å². The summed E-state index contributed by atoms with van der Waals surface area (Å²) in [6.07, 6.45) is -0.202. The second-order valence-corrected chi connectivity index (χ2v) is 8.87. The zero-order valence-corrected chi connectivity index (χ0v) is 19.1. The smallest absolute Gasteiger partial charge is 0.336 e. The maximum atomic E-state index is 13.0. The Morgan fingerprint density at radius 3 is 2.27 bits per heavy atom. The minimum Gasteiger partial charge on any atom is -0.465 e. The third-order valence-corrected chi connectivity index (χ3v) is 5.16. The highest BCUT2D eigenvalue weighted by Crippen LogP contribution is 2.38. The van der Waals surface area contributed by atoms with E-state index >= 15 is 0 Å². The van der Waals surface area contributed by atoms with Crippen LogP contribution in [-0.4, -0.2) is 42.0 Å². The van der Waals surface area contributed by atoms with Crippen molar-refractivity contribution < 1.29 is 23.9 Å². The van der Waals surface area contributed by atoms with Crippen LogP contribution in [0.15, 0.2) is 35.5 Å². The summed E-state index contributed by atoms with van der Waals surface area (Å²) in [7, 11) is 0. The predicted octanol–water partition coefficient (Wildman–Crippen LogP) is 4.09. The SMILES string of the molecule is CCOC(=O)CN1C(=O)CC(c2ccc(C(C)(C)C)cc2)C(C(=O)OC(C)C)=C1C. The molecule has 0 spiro atoms. The van der Waals surface area contributed by atoms with E-state index in [1.165, 1.54) is 10.5 Å². The summed E-state index contributed by atoms with van der Waals surface area (Å²) in [6.45, 7) is 13.4. The lowest BCUT2D eigenvalue weighted by Crippen LogP contribution is -2.41. The molecule has 0 fully saturated rings. The lowest BCUT2D eigenvalue weighted by molar-refractivity contribution is -0.149. The molecule has 0 aliphatic carbocycles. The van der Waals surface area contributed by atoms with Gasteiger partial charge in [0.1, 0.15) is 6.54 Å². The van der Waals surface area contributed by atoms with E-state index in [0.29, 0.717) is 11.3 Å². The molecule has 1 aliphatic rings. The van der Waals surface area contributed by atoms with Crippen molar-refractivity contribution in [3.05, 3.63) is 46.7 Å². The molecule has 1 aromatic carbocycles. The highest BCUT2D eigenvalue weighted by molar-refractivity contribution is 5.96. The van der Waals surface area contributed by atoms with E-state index in [2.05, 4.69) is 20.8 Å². The van der Waals surface area contributed by atoms with Crippen LogP contribution < -0.4 is 0 Å². The average Bonchev–Trinajstić information content (AvgIpc) is 2.63. The summed E-state index contributed by atoms with van der Waals surface area (Å²) in [5.74, 6) is -1.61. The quantitative estimate of drug-likeness (QED) is 0.655. The van der Waals surface area contributed by atoms with Crippen molar-refractivity contribution in [3.63, 3.8) is 0 Å². The number of rotatable bonds is 6. The van der Waals surface area contributed by atoms with Gasteiger partial charge < -0.3 is 14.4 Å². The largest absolute Gasteiger partial charge is 0.465 e. The minimum absolute atomic E-state index is 0.00249. The predicted molar refractivity (Wildman–Crippen MR) is 115 cm³/mol. The number of allylic oxidation sites excluding steroid dienone is 1. The fourth-order valence-corrected chi connectivity index (χ4v) is 3.58. The maximum absolute atomic E-state index is 13.0. The number of ether oxygens (including phenoxy) is 2. The van der Waals surface area contributed by atoms with E-state index in [1.54, 1.807) is 27.7 Å². The van der Waals surface area contributed by atoms with Crippen molar-refractivity contribution in [2.24, 2.45) is 0 Å². The van der Waals surface area contributed by atoms with Crippen molar-refractivity contribution in [1.29, 1.82) is 0 Å². The first-order valence-corrected chi connectivity index (χ1v) is 10.4. The molecule has 30 heavy (non-hydrogen) atoms. The normalized spacial score (nSPS) is 17.4. The Kier molecular flexibility index (Phi) is 7.45. The van der Waals surface area contributed by atoms with Gasteiger partial charge in [-0.1, -0.05) is 45.0 Å². The Morgan fingerprint density at radius 1 is 1.17 bits per heavy atom. The van der Waals surface area contributed by atoms with Crippen molar-refractivity contribution in [2.45, 2.75) is 72.3 Å². The first kappa shape index (κ1) is 23.6. The third-order valence-electron chi connectivity index (χ3n) is 5.16. The number of esters is 2. The molecule has 1 aromatic rings. The third kappa shape index (κ3) is 5.49. The molecular weight excluding hydrogens is 382 g/mol. The Hall–Kier alpha value is -2.63. The van der Waals surface area contributed by atoms with Gasteiger partial charge in [-0.25, -0.2) is 4.79 Å². The number of hydrogen-bond donors (Lipinski definition) is 0. The molecule has 0 N–H and O–H groups in total. The van der Waals surface area contributed by atoms with Crippen LogP contribution in [0.2, 0.25) is 0 Å². The topological polar surface area (TPSA) is 72.9 Å². The Balaban J connectivity index is 2.48. The van der Waals surface area contributed by atoms with Gasteiger partial charge in [-0.2, -0.15) is 0 Å². The zero-order chi connectivity index (χ0) is 22.6. The Morgan fingerprint density at radius 2 is 1.77 bits per heavy atom. The summed E-state index contributed by atoms with van der Waals surface area (Å²) in [5.41, 5.74) is 2.90. The van der Waals surface area contributed by atoms with Gasteiger partial charge in [-0.05, 0) is 44.2 Å². The number of benzene rings is 1. The Bertz CT molecular complexity index is 830. The van der Waals surface area contributed by atoms with Crippen LogP contribution in [0.1, 0.15) is 71.9 Å². The first-order valence-electron chi connectivity index (χ1n) is 10.4. The molecule has 0 saturated carbocycles. The highest BCUT2D eigenvalue weighted by atomic mass is 16.5. The lowest BCUT2D eigenvalue weighted by Gasteiger charge is -2.34. The van der Waals surface area contributed by atoms with Crippen molar-refractivity contribution >= 4 is 17.8 Å². The minimum atomic E-state index is -0.505. The summed E-state index contributed by atoms with van der Waals surface area (Å²) >= 11 is 0. The summed E-state index contributed by atoms with van der Waals surface area (Å²) in [5, 5.41) is 0. The fourth-order valence-electron chi connectivity index (χ4n) is 3.58. The Labute approximate surface area is 179 Å². The summed E-state index contributed by atoms with van der Waals surface area (Å²) in [6, 6.07) is 8.00. The highest BCUT2D eigenvalue weighted by Gasteiger charge is 2.38. The van der Waals surface area contributed by atoms with E-state index in [9.17, 15) is 14.4 Å². The van der Waals surface area contributed by atoms with Gasteiger partial charge in [0.05, 0.1) is 18.3 Å². The lowest BCUT2D eigenvalue weighted by atomic mass is 9.81. The van der Waals surface area contributed by atoms with E-state index in [0.717, 1.165) is 5.56 Å². The van der Waals surface area contributed by atoms with Gasteiger partial charge in [0, 0.05) is 18.0 Å². The molecule has 1 aliphatic heterocycles. The molecule has 6 heteroatoms. The second-order valence-electron chi connectivity index (χ2n) is 8.87. The number of carbonyl (C=O) groups excluding carboxylic acids is 3. The first-order chi connectivity index (χ1) is 14.0. The van der Waals surface area contributed by atoms with E-state index < -0.39 is 17.9 Å². The van der Waals surface area contributed by atoms with Gasteiger partial charge in [0.25, 0.3) is 0 Å². The fraction of sp³-hybridized carbons (Fsp3) is 0.542. The van der Waals surface area contributed by atoms with Gasteiger partial charge in [0.15, 0.2) is 0 Å². The zero-order valence-electron chi connectivity index (χ0n) is 19.1. The van der Waals surface area contributed by atoms with E-state index in [-0.39, 0.29) is 37.0 Å². The molecule has 1 unspecified atom stereocenters.